The summed E-state index contributed by atoms with van der Waals surface area (Å²) in [6, 6.07) is 13.3. The maximum atomic E-state index is 12.3. The van der Waals surface area contributed by atoms with E-state index in [-0.39, 0.29) is 16.9 Å². The maximum absolute atomic E-state index is 12.3. The highest BCUT2D eigenvalue weighted by atomic mass is 16.3. The summed E-state index contributed by atoms with van der Waals surface area (Å²) in [4.78, 5) is 16.6. The summed E-state index contributed by atoms with van der Waals surface area (Å²) in [5.74, 6) is -0.514. The van der Waals surface area contributed by atoms with Crippen molar-refractivity contribution in [2.75, 3.05) is 5.32 Å². The lowest BCUT2D eigenvalue weighted by molar-refractivity contribution is 0.102. The van der Waals surface area contributed by atoms with Gasteiger partial charge in [-0.3, -0.25) is 4.79 Å². The van der Waals surface area contributed by atoms with Crippen molar-refractivity contribution in [3.05, 3.63) is 71.3 Å². The number of hydrogen-bond acceptors (Lipinski definition) is 4. The first-order chi connectivity index (χ1) is 12.0. The monoisotopic (exact) mass is 332 g/mol. The summed E-state index contributed by atoms with van der Waals surface area (Å²) in [6.07, 6.45) is 1.76. The minimum atomic E-state index is -0.394. The molecule has 3 aromatic rings. The number of imidazole rings is 1. The standard InChI is InChI=1S/C19H16N4O2/c1-12-13(2)23(11-21-12)17-5-3-16(4-6-17)22-19(25)15-7-14(10-20)8-18(24)9-15/h3-9,11,24H,1-2H3,(H,22,25). The second-order valence-corrected chi connectivity index (χ2v) is 5.67. The Morgan fingerprint density at radius 1 is 1.20 bits per heavy atom. The summed E-state index contributed by atoms with van der Waals surface area (Å²) < 4.78 is 1.97. The number of phenols is 1. The molecule has 1 amide bonds. The molecule has 1 aromatic heterocycles. The van der Waals surface area contributed by atoms with Crippen LogP contribution >= 0.6 is 0 Å². The Morgan fingerprint density at radius 2 is 1.92 bits per heavy atom. The van der Waals surface area contributed by atoms with E-state index in [0.29, 0.717) is 5.69 Å². The van der Waals surface area contributed by atoms with Crippen LogP contribution in [0.3, 0.4) is 0 Å². The van der Waals surface area contributed by atoms with E-state index >= 15 is 0 Å². The van der Waals surface area contributed by atoms with Gasteiger partial charge in [-0.25, -0.2) is 4.98 Å². The fourth-order valence-corrected chi connectivity index (χ4v) is 2.47. The molecule has 0 radical (unpaired) electrons. The van der Waals surface area contributed by atoms with Crippen LogP contribution in [0.5, 0.6) is 5.75 Å². The molecule has 0 spiro atoms. The molecule has 0 aliphatic rings. The first-order valence-corrected chi connectivity index (χ1v) is 7.64. The number of nitrogens with one attached hydrogen (secondary N) is 1. The summed E-state index contributed by atoms with van der Waals surface area (Å²) in [7, 11) is 0. The third-order valence-electron chi connectivity index (χ3n) is 3.96. The van der Waals surface area contributed by atoms with Crippen molar-refractivity contribution >= 4 is 11.6 Å². The highest BCUT2D eigenvalue weighted by molar-refractivity contribution is 6.04. The van der Waals surface area contributed by atoms with Gasteiger partial charge in [0.1, 0.15) is 5.75 Å². The molecule has 2 aromatic carbocycles. The molecule has 1 heterocycles. The van der Waals surface area contributed by atoms with Crippen LogP contribution in [0.2, 0.25) is 0 Å². The van der Waals surface area contributed by atoms with Gasteiger partial charge in [0.05, 0.1) is 23.7 Å². The van der Waals surface area contributed by atoms with Crippen LogP contribution in [-0.4, -0.2) is 20.6 Å². The van der Waals surface area contributed by atoms with E-state index in [1.165, 1.54) is 18.2 Å². The van der Waals surface area contributed by atoms with Crippen molar-refractivity contribution in [1.29, 1.82) is 5.26 Å². The number of nitriles is 1. The van der Waals surface area contributed by atoms with Crippen molar-refractivity contribution in [3.63, 3.8) is 0 Å². The Bertz CT molecular complexity index is 982. The molecular weight excluding hydrogens is 316 g/mol. The predicted octanol–water partition coefficient (Wildman–Crippen LogP) is 3.32. The highest BCUT2D eigenvalue weighted by Gasteiger charge is 2.10. The smallest absolute Gasteiger partial charge is 0.255 e. The second kappa shape index (κ2) is 6.49. The Labute approximate surface area is 145 Å². The number of amides is 1. The van der Waals surface area contributed by atoms with E-state index in [1.807, 2.05) is 36.6 Å². The molecule has 6 heteroatoms. The maximum Gasteiger partial charge on any atom is 0.255 e. The third-order valence-corrected chi connectivity index (χ3v) is 3.96. The van der Waals surface area contributed by atoms with Gasteiger partial charge in [-0.05, 0) is 56.3 Å². The number of rotatable bonds is 3. The summed E-state index contributed by atoms with van der Waals surface area (Å²) in [6.45, 7) is 3.94. The van der Waals surface area contributed by atoms with Gasteiger partial charge < -0.3 is 15.0 Å². The molecule has 0 aliphatic heterocycles. The topological polar surface area (TPSA) is 90.9 Å². The lowest BCUT2D eigenvalue weighted by Crippen LogP contribution is -2.12. The summed E-state index contributed by atoms with van der Waals surface area (Å²) in [5, 5.41) is 21.3. The van der Waals surface area contributed by atoms with Crippen molar-refractivity contribution in [3.8, 4) is 17.5 Å². The molecule has 0 aliphatic carbocycles. The second-order valence-electron chi connectivity index (χ2n) is 5.67. The first kappa shape index (κ1) is 16.3. The number of hydrogen-bond donors (Lipinski definition) is 2. The molecule has 6 nitrogen and oxygen atoms in total. The Morgan fingerprint density at radius 3 is 2.52 bits per heavy atom. The van der Waals surface area contributed by atoms with Crippen molar-refractivity contribution in [2.45, 2.75) is 13.8 Å². The van der Waals surface area contributed by atoms with Crippen LogP contribution in [-0.2, 0) is 0 Å². The number of carbonyl (C=O) groups excluding carboxylic acids is 1. The Kier molecular flexibility index (Phi) is 4.23. The molecule has 0 fully saturated rings. The van der Waals surface area contributed by atoms with E-state index < -0.39 is 5.91 Å². The molecular formula is C19H16N4O2. The van der Waals surface area contributed by atoms with Crippen molar-refractivity contribution in [2.24, 2.45) is 0 Å². The van der Waals surface area contributed by atoms with E-state index in [0.717, 1.165) is 17.1 Å². The summed E-state index contributed by atoms with van der Waals surface area (Å²) in [5.41, 5.74) is 4.04. The molecule has 124 valence electrons. The van der Waals surface area contributed by atoms with Crippen molar-refractivity contribution in [1.82, 2.24) is 9.55 Å². The van der Waals surface area contributed by atoms with E-state index in [2.05, 4.69) is 10.3 Å². The van der Waals surface area contributed by atoms with Gasteiger partial charge in [0.2, 0.25) is 0 Å². The van der Waals surface area contributed by atoms with Crippen LogP contribution in [0.15, 0.2) is 48.8 Å². The van der Waals surface area contributed by atoms with Crippen LogP contribution in [0.4, 0.5) is 5.69 Å². The fraction of sp³-hybridized carbons (Fsp3) is 0.105. The lowest BCUT2D eigenvalue weighted by atomic mass is 10.1. The zero-order valence-corrected chi connectivity index (χ0v) is 13.8. The number of aromatic hydroxyl groups is 1. The number of aryl methyl sites for hydroxylation is 1. The number of carbonyl (C=O) groups is 1. The molecule has 0 saturated heterocycles. The van der Waals surface area contributed by atoms with Gasteiger partial charge in [0.15, 0.2) is 0 Å². The molecule has 2 N–H and O–H groups in total. The largest absolute Gasteiger partial charge is 0.508 e. The fourth-order valence-electron chi connectivity index (χ4n) is 2.47. The minimum Gasteiger partial charge on any atom is -0.508 e. The van der Waals surface area contributed by atoms with Gasteiger partial charge in [0.25, 0.3) is 5.91 Å². The average molecular weight is 332 g/mol. The van der Waals surface area contributed by atoms with Gasteiger partial charge >= 0.3 is 0 Å². The van der Waals surface area contributed by atoms with Crippen LogP contribution in [0.1, 0.15) is 27.3 Å². The molecule has 0 atom stereocenters. The minimum absolute atomic E-state index is 0.120. The zero-order valence-electron chi connectivity index (χ0n) is 13.8. The number of phenolic OH excluding ortho intramolecular Hbond substituents is 1. The number of aromatic nitrogens is 2. The molecule has 0 saturated carbocycles. The molecule has 0 bridgehead atoms. The average Bonchev–Trinajstić information content (AvgIpc) is 2.94. The number of benzene rings is 2. The zero-order chi connectivity index (χ0) is 18.0. The molecule has 0 unspecified atom stereocenters. The third kappa shape index (κ3) is 3.35. The van der Waals surface area contributed by atoms with Crippen LogP contribution in [0, 0.1) is 25.2 Å². The predicted molar refractivity (Wildman–Crippen MR) is 93.8 cm³/mol. The van der Waals surface area contributed by atoms with E-state index in [4.69, 9.17) is 5.26 Å². The van der Waals surface area contributed by atoms with Crippen molar-refractivity contribution < 1.29 is 9.90 Å². The van der Waals surface area contributed by atoms with E-state index in [1.54, 1.807) is 18.5 Å². The normalized spacial score (nSPS) is 10.3. The number of nitrogens with zero attached hydrogens (tertiary/aromatic N) is 3. The number of anilines is 1. The Hall–Kier alpha value is -3.59. The molecule has 25 heavy (non-hydrogen) atoms. The quantitative estimate of drug-likeness (QED) is 0.770. The Balaban J connectivity index is 1.80. The van der Waals surface area contributed by atoms with Gasteiger partial charge in [-0.2, -0.15) is 5.26 Å². The van der Waals surface area contributed by atoms with E-state index in [9.17, 15) is 9.90 Å². The molecule has 3 rings (SSSR count). The highest BCUT2D eigenvalue weighted by Crippen LogP contribution is 2.19. The first-order valence-electron chi connectivity index (χ1n) is 7.64. The van der Waals surface area contributed by atoms with Gasteiger partial charge in [0, 0.05) is 22.6 Å². The lowest BCUT2D eigenvalue weighted by Gasteiger charge is -2.09. The van der Waals surface area contributed by atoms with Crippen LogP contribution in [0.25, 0.3) is 5.69 Å². The van der Waals surface area contributed by atoms with Crippen LogP contribution < -0.4 is 5.32 Å². The van der Waals surface area contributed by atoms with Gasteiger partial charge in [-0.15, -0.1) is 0 Å². The SMILES string of the molecule is Cc1ncn(-c2ccc(NC(=O)c3cc(O)cc(C#N)c3)cc2)c1C. The summed E-state index contributed by atoms with van der Waals surface area (Å²) >= 11 is 0. The van der Waals surface area contributed by atoms with Gasteiger partial charge in [-0.1, -0.05) is 0 Å².